The van der Waals surface area contributed by atoms with Gasteiger partial charge in [-0.25, -0.2) is 9.97 Å². The number of carbonyl (C=O) groups excluding carboxylic acids is 1. The van der Waals surface area contributed by atoms with Gasteiger partial charge in [0.2, 0.25) is 0 Å². The highest BCUT2D eigenvalue weighted by Crippen LogP contribution is 2.26. The second-order valence-electron chi connectivity index (χ2n) is 6.31. The Balaban J connectivity index is 1.73. The van der Waals surface area contributed by atoms with E-state index in [1.165, 1.54) is 12.4 Å². The van der Waals surface area contributed by atoms with E-state index in [1.54, 1.807) is 7.11 Å². The molecule has 6 heteroatoms. The number of hydrogen-bond acceptors (Lipinski definition) is 5. The van der Waals surface area contributed by atoms with Gasteiger partial charge in [0.25, 0.3) is 5.91 Å². The zero-order valence-electron chi connectivity index (χ0n) is 15.6. The molecule has 1 amide bonds. The number of nitrogens with one attached hydrogen (secondary N) is 2. The Labute approximate surface area is 158 Å². The molecular formula is C21H22N4O2. The molecule has 0 unspecified atom stereocenters. The van der Waals surface area contributed by atoms with Crippen molar-refractivity contribution in [1.82, 2.24) is 9.97 Å². The molecule has 3 aromatic rings. The van der Waals surface area contributed by atoms with Crippen molar-refractivity contribution in [2.24, 2.45) is 0 Å². The Bertz CT molecular complexity index is 923. The maximum absolute atomic E-state index is 12.5. The Hall–Kier alpha value is -3.41. The van der Waals surface area contributed by atoms with Gasteiger partial charge in [-0.1, -0.05) is 44.2 Å². The number of methoxy groups -OCH3 is 1. The van der Waals surface area contributed by atoms with Gasteiger partial charge in [-0.2, -0.15) is 0 Å². The zero-order chi connectivity index (χ0) is 19.2. The second-order valence-corrected chi connectivity index (χ2v) is 6.31. The standard InChI is InChI=1S/C21H22N4O2/c1-14(2)15-8-4-5-9-16(15)25-21(26)18-12-23-20(13-22-18)24-17-10-6-7-11-19(17)27-3/h4-14H,1-3H3,(H,23,24)(H,25,26). The Morgan fingerprint density at radius 1 is 0.963 bits per heavy atom. The molecule has 3 rings (SSSR count). The molecule has 0 atom stereocenters. The number of ether oxygens (including phenoxy) is 1. The molecule has 2 N–H and O–H groups in total. The van der Waals surface area contributed by atoms with Crippen molar-refractivity contribution in [3.8, 4) is 5.75 Å². The molecule has 27 heavy (non-hydrogen) atoms. The fraction of sp³-hybridized carbons (Fsp3) is 0.190. The molecule has 0 fully saturated rings. The van der Waals surface area contributed by atoms with Crippen molar-refractivity contribution in [3.05, 3.63) is 72.2 Å². The van der Waals surface area contributed by atoms with Gasteiger partial charge in [0.15, 0.2) is 0 Å². The fourth-order valence-corrected chi connectivity index (χ4v) is 2.70. The predicted molar refractivity (Wildman–Crippen MR) is 107 cm³/mol. The van der Waals surface area contributed by atoms with Gasteiger partial charge < -0.3 is 15.4 Å². The molecule has 2 aromatic carbocycles. The minimum atomic E-state index is -0.292. The number of hydrogen-bond donors (Lipinski definition) is 2. The highest BCUT2D eigenvalue weighted by atomic mass is 16.5. The highest BCUT2D eigenvalue weighted by Gasteiger charge is 2.13. The number of anilines is 3. The van der Waals surface area contributed by atoms with E-state index in [9.17, 15) is 4.79 Å². The maximum Gasteiger partial charge on any atom is 0.275 e. The number of para-hydroxylation sites is 3. The Kier molecular flexibility index (Phi) is 5.66. The fourth-order valence-electron chi connectivity index (χ4n) is 2.70. The summed E-state index contributed by atoms with van der Waals surface area (Å²) in [6.07, 6.45) is 2.97. The number of rotatable bonds is 6. The molecule has 0 aliphatic carbocycles. The van der Waals surface area contributed by atoms with Crippen molar-refractivity contribution in [1.29, 1.82) is 0 Å². The molecule has 138 valence electrons. The quantitative estimate of drug-likeness (QED) is 0.670. The lowest BCUT2D eigenvalue weighted by Crippen LogP contribution is -2.15. The Morgan fingerprint density at radius 2 is 1.67 bits per heavy atom. The van der Waals surface area contributed by atoms with Crippen molar-refractivity contribution in [3.63, 3.8) is 0 Å². The van der Waals surface area contributed by atoms with Crippen LogP contribution in [0.3, 0.4) is 0 Å². The smallest absolute Gasteiger partial charge is 0.275 e. The summed E-state index contributed by atoms with van der Waals surface area (Å²) < 4.78 is 5.30. The van der Waals surface area contributed by atoms with Gasteiger partial charge in [-0.05, 0) is 29.7 Å². The van der Waals surface area contributed by atoms with Crippen molar-refractivity contribution < 1.29 is 9.53 Å². The van der Waals surface area contributed by atoms with Crippen LogP contribution < -0.4 is 15.4 Å². The van der Waals surface area contributed by atoms with Crippen LogP contribution in [0, 0.1) is 0 Å². The van der Waals surface area contributed by atoms with E-state index in [1.807, 2.05) is 48.5 Å². The van der Waals surface area contributed by atoms with Crippen LogP contribution in [0.4, 0.5) is 17.2 Å². The average Bonchev–Trinajstić information content (AvgIpc) is 2.69. The zero-order valence-corrected chi connectivity index (χ0v) is 15.6. The summed E-state index contributed by atoms with van der Waals surface area (Å²) in [5, 5.41) is 6.05. The van der Waals surface area contributed by atoms with Crippen LogP contribution in [0.25, 0.3) is 0 Å². The third-order valence-corrected chi connectivity index (χ3v) is 4.09. The summed E-state index contributed by atoms with van der Waals surface area (Å²) in [7, 11) is 1.61. The number of amides is 1. The van der Waals surface area contributed by atoms with Crippen LogP contribution in [0.2, 0.25) is 0 Å². The van der Waals surface area contributed by atoms with E-state index >= 15 is 0 Å². The van der Waals surface area contributed by atoms with Crippen LogP contribution in [0.15, 0.2) is 60.9 Å². The lowest BCUT2D eigenvalue weighted by Gasteiger charge is -2.13. The lowest BCUT2D eigenvalue weighted by molar-refractivity contribution is 0.102. The number of aromatic nitrogens is 2. The molecule has 0 aliphatic rings. The van der Waals surface area contributed by atoms with Gasteiger partial charge in [-0.3, -0.25) is 4.79 Å². The van der Waals surface area contributed by atoms with Gasteiger partial charge in [-0.15, -0.1) is 0 Å². The highest BCUT2D eigenvalue weighted by molar-refractivity contribution is 6.03. The van der Waals surface area contributed by atoms with Crippen LogP contribution in [0.1, 0.15) is 35.8 Å². The minimum Gasteiger partial charge on any atom is -0.495 e. The second kappa shape index (κ2) is 8.31. The SMILES string of the molecule is COc1ccccc1Nc1cnc(C(=O)Nc2ccccc2C(C)C)cn1. The first kappa shape index (κ1) is 18.4. The van der Waals surface area contributed by atoms with Crippen LogP contribution in [-0.2, 0) is 0 Å². The monoisotopic (exact) mass is 362 g/mol. The van der Waals surface area contributed by atoms with E-state index in [2.05, 4.69) is 34.4 Å². The van der Waals surface area contributed by atoms with E-state index in [0.29, 0.717) is 17.5 Å². The van der Waals surface area contributed by atoms with Crippen molar-refractivity contribution >= 4 is 23.1 Å². The summed E-state index contributed by atoms with van der Waals surface area (Å²) in [6.45, 7) is 4.17. The lowest BCUT2D eigenvalue weighted by atomic mass is 10.0. The first-order chi connectivity index (χ1) is 13.1. The van der Waals surface area contributed by atoms with E-state index in [0.717, 1.165) is 16.9 Å². The van der Waals surface area contributed by atoms with Crippen LogP contribution >= 0.6 is 0 Å². The minimum absolute atomic E-state index is 0.249. The largest absolute Gasteiger partial charge is 0.495 e. The molecule has 0 saturated heterocycles. The normalized spacial score (nSPS) is 10.5. The summed E-state index contributed by atoms with van der Waals surface area (Å²) in [6, 6.07) is 15.3. The van der Waals surface area contributed by atoms with E-state index in [4.69, 9.17) is 4.74 Å². The summed E-state index contributed by atoms with van der Waals surface area (Å²) in [5.41, 5.74) is 2.89. The molecule has 0 saturated carbocycles. The topological polar surface area (TPSA) is 76.1 Å². The molecule has 0 spiro atoms. The predicted octanol–water partition coefficient (Wildman–Crippen LogP) is 4.60. The summed E-state index contributed by atoms with van der Waals surface area (Å²) in [4.78, 5) is 21.0. The number of carbonyl (C=O) groups is 1. The maximum atomic E-state index is 12.5. The molecule has 0 aliphatic heterocycles. The summed E-state index contributed by atoms with van der Waals surface area (Å²) in [5.74, 6) is 1.24. The summed E-state index contributed by atoms with van der Waals surface area (Å²) >= 11 is 0. The molecule has 0 radical (unpaired) electrons. The molecule has 0 bridgehead atoms. The average molecular weight is 362 g/mol. The first-order valence-electron chi connectivity index (χ1n) is 8.71. The third-order valence-electron chi connectivity index (χ3n) is 4.09. The molecule has 1 heterocycles. The van der Waals surface area contributed by atoms with E-state index in [-0.39, 0.29) is 11.6 Å². The number of benzene rings is 2. The van der Waals surface area contributed by atoms with Gasteiger partial charge in [0, 0.05) is 5.69 Å². The van der Waals surface area contributed by atoms with Crippen molar-refractivity contribution in [2.75, 3.05) is 17.7 Å². The molecule has 6 nitrogen and oxygen atoms in total. The number of nitrogens with zero attached hydrogens (tertiary/aromatic N) is 2. The third kappa shape index (κ3) is 4.41. The molecule has 1 aromatic heterocycles. The van der Waals surface area contributed by atoms with Gasteiger partial charge >= 0.3 is 0 Å². The van der Waals surface area contributed by atoms with Crippen LogP contribution in [-0.4, -0.2) is 23.0 Å². The van der Waals surface area contributed by atoms with Gasteiger partial charge in [0.1, 0.15) is 17.3 Å². The van der Waals surface area contributed by atoms with Crippen LogP contribution in [0.5, 0.6) is 5.75 Å². The molecular weight excluding hydrogens is 340 g/mol. The Morgan fingerprint density at radius 3 is 2.33 bits per heavy atom. The van der Waals surface area contributed by atoms with Crippen molar-refractivity contribution in [2.45, 2.75) is 19.8 Å². The first-order valence-corrected chi connectivity index (χ1v) is 8.71. The van der Waals surface area contributed by atoms with Gasteiger partial charge in [0.05, 0.1) is 25.2 Å². The van der Waals surface area contributed by atoms with E-state index < -0.39 is 0 Å².